The molecule has 7 nitrogen and oxygen atoms in total. The summed E-state index contributed by atoms with van der Waals surface area (Å²) in [6, 6.07) is 0. The van der Waals surface area contributed by atoms with E-state index in [1.54, 1.807) is 13.8 Å². The molecule has 1 aromatic rings. The van der Waals surface area contributed by atoms with Crippen LogP contribution >= 0.6 is 7.60 Å². The van der Waals surface area contributed by atoms with Gasteiger partial charge in [0.05, 0.1) is 37.7 Å². The molecule has 0 aliphatic carbocycles. The molecular weight excluding hydrogens is 283 g/mol. The summed E-state index contributed by atoms with van der Waals surface area (Å²) < 4.78 is 28.1. The number of rotatable bonds is 6. The van der Waals surface area contributed by atoms with Gasteiger partial charge in [0.1, 0.15) is 12.0 Å². The lowest BCUT2D eigenvalue weighted by atomic mass is 10.1. The van der Waals surface area contributed by atoms with Crippen LogP contribution in [0.2, 0.25) is 0 Å². The fourth-order valence-electron chi connectivity index (χ4n) is 2.07. The number of aromatic nitrogens is 2. The number of fused-ring (bicyclic) bond motifs is 1. The van der Waals surface area contributed by atoms with E-state index in [9.17, 15) is 9.36 Å². The highest BCUT2D eigenvalue weighted by Gasteiger charge is 2.27. The molecule has 0 saturated heterocycles. The molecule has 0 radical (unpaired) electrons. The van der Waals surface area contributed by atoms with Gasteiger partial charge in [0.25, 0.3) is 5.56 Å². The maximum Gasteiger partial charge on any atom is 0.338 e. The number of hydrogen-bond donors (Lipinski definition) is 1. The lowest BCUT2D eigenvalue weighted by Gasteiger charge is -2.18. The first kappa shape index (κ1) is 15.4. The monoisotopic (exact) mass is 302 g/mol. The Morgan fingerprint density at radius 1 is 1.35 bits per heavy atom. The predicted molar refractivity (Wildman–Crippen MR) is 72.8 cm³/mol. The molecular formula is C12H19N2O5P. The Balaban J connectivity index is 2.27. The molecule has 20 heavy (non-hydrogen) atoms. The first-order chi connectivity index (χ1) is 9.58. The van der Waals surface area contributed by atoms with Crippen molar-refractivity contribution in [2.75, 3.05) is 19.8 Å². The van der Waals surface area contributed by atoms with Crippen LogP contribution in [0, 0.1) is 0 Å². The van der Waals surface area contributed by atoms with Crippen LogP contribution in [-0.4, -0.2) is 29.8 Å². The third kappa shape index (κ3) is 3.55. The predicted octanol–water partition coefficient (Wildman–Crippen LogP) is 1.61. The van der Waals surface area contributed by atoms with Gasteiger partial charge in [-0.25, -0.2) is 4.98 Å². The van der Waals surface area contributed by atoms with Crippen LogP contribution in [0.3, 0.4) is 0 Å². The number of hydrogen-bond acceptors (Lipinski definition) is 6. The second kappa shape index (κ2) is 6.63. The van der Waals surface area contributed by atoms with E-state index in [-0.39, 0.29) is 31.5 Å². The Hall–Kier alpha value is -1.01. The van der Waals surface area contributed by atoms with Gasteiger partial charge in [-0.2, -0.15) is 0 Å². The summed E-state index contributed by atoms with van der Waals surface area (Å²) in [6.07, 6.45) is 0.553. The Labute approximate surface area is 117 Å². The largest absolute Gasteiger partial charge is 0.376 e. The van der Waals surface area contributed by atoms with Gasteiger partial charge in [-0.15, -0.1) is 0 Å². The van der Waals surface area contributed by atoms with Crippen LogP contribution < -0.4 is 5.56 Å². The number of nitrogens with zero attached hydrogens (tertiary/aromatic N) is 1. The Kier molecular flexibility index (Phi) is 5.10. The molecule has 0 spiro atoms. The van der Waals surface area contributed by atoms with Crippen molar-refractivity contribution in [3.05, 3.63) is 27.4 Å². The van der Waals surface area contributed by atoms with Crippen LogP contribution in [0.15, 0.2) is 4.79 Å². The third-order valence-electron chi connectivity index (χ3n) is 2.87. The number of ether oxygens (including phenoxy) is 1. The summed E-state index contributed by atoms with van der Waals surface area (Å²) in [6.45, 7) is 4.85. The van der Waals surface area contributed by atoms with Gasteiger partial charge in [0.15, 0.2) is 0 Å². The summed E-state index contributed by atoms with van der Waals surface area (Å²) in [5, 5.41) is 0. The summed E-state index contributed by atoms with van der Waals surface area (Å²) in [5.41, 5.74) is 1.00. The van der Waals surface area contributed by atoms with Gasteiger partial charge in [0.2, 0.25) is 0 Å². The van der Waals surface area contributed by atoms with Crippen LogP contribution in [0.4, 0.5) is 0 Å². The molecule has 0 fully saturated rings. The molecule has 0 aromatic carbocycles. The minimum absolute atomic E-state index is 0.0297. The standard InChI is InChI=1S/C12H19N2O5P/c1-3-18-20(16,19-4-2)8-11-13-10-5-6-17-7-9(10)12(15)14-11/h3-8H2,1-2H3,(H,13,14,15). The average molecular weight is 302 g/mol. The molecule has 1 aromatic heterocycles. The zero-order valence-corrected chi connectivity index (χ0v) is 12.6. The maximum atomic E-state index is 12.4. The van der Waals surface area contributed by atoms with Crippen molar-refractivity contribution in [3.63, 3.8) is 0 Å². The molecule has 1 aliphatic heterocycles. The van der Waals surface area contributed by atoms with Crippen molar-refractivity contribution >= 4 is 7.60 Å². The maximum absolute atomic E-state index is 12.4. The van der Waals surface area contributed by atoms with E-state index in [1.807, 2.05) is 0 Å². The van der Waals surface area contributed by atoms with Crippen molar-refractivity contribution in [2.24, 2.45) is 0 Å². The van der Waals surface area contributed by atoms with E-state index in [1.165, 1.54) is 0 Å². The molecule has 2 heterocycles. The Morgan fingerprint density at radius 2 is 2.05 bits per heavy atom. The van der Waals surface area contributed by atoms with Gasteiger partial charge < -0.3 is 18.8 Å². The van der Waals surface area contributed by atoms with E-state index < -0.39 is 7.60 Å². The third-order valence-corrected chi connectivity index (χ3v) is 4.86. The van der Waals surface area contributed by atoms with Crippen molar-refractivity contribution in [1.82, 2.24) is 9.97 Å². The minimum atomic E-state index is -3.26. The van der Waals surface area contributed by atoms with E-state index >= 15 is 0 Å². The Morgan fingerprint density at radius 3 is 2.70 bits per heavy atom. The van der Waals surface area contributed by atoms with E-state index in [0.29, 0.717) is 30.1 Å². The highest BCUT2D eigenvalue weighted by molar-refractivity contribution is 7.53. The van der Waals surface area contributed by atoms with Crippen LogP contribution in [0.25, 0.3) is 0 Å². The molecule has 0 amide bonds. The number of H-pyrrole nitrogens is 1. The molecule has 112 valence electrons. The smallest absolute Gasteiger partial charge is 0.338 e. The first-order valence-electron chi connectivity index (χ1n) is 6.64. The lowest BCUT2D eigenvalue weighted by Crippen LogP contribution is -2.25. The SMILES string of the molecule is CCOP(=O)(Cc1nc2c(c(=O)[nH]1)COCC2)OCC. The molecule has 0 unspecified atom stereocenters. The normalized spacial score (nSPS) is 15.1. The van der Waals surface area contributed by atoms with E-state index in [4.69, 9.17) is 13.8 Å². The summed E-state index contributed by atoms with van der Waals surface area (Å²) in [4.78, 5) is 18.9. The summed E-state index contributed by atoms with van der Waals surface area (Å²) >= 11 is 0. The van der Waals surface area contributed by atoms with Gasteiger partial charge in [-0.3, -0.25) is 9.36 Å². The second-order valence-corrected chi connectivity index (χ2v) is 6.40. The number of aromatic amines is 1. The first-order valence-corrected chi connectivity index (χ1v) is 8.37. The van der Waals surface area contributed by atoms with E-state index in [2.05, 4.69) is 9.97 Å². The fraction of sp³-hybridized carbons (Fsp3) is 0.667. The zero-order chi connectivity index (χ0) is 14.6. The fourth-order valence-corrected chi connectivity index (χ4v) is 3.64. The van der Waals surface area contributed by atoms with Gasteiger partial charge in [0, 0.05) is 6.42 Å². The lowest BCUT2D eigenvalue weighted by molar-refractivity contribution is 0.108. The minimum Gasteiger partial charge on any atom is -0.376 e. The highest BCUT2D eigenvalue weighted by atomic mass is 31.2. The van der Waals surface area contributed by atoms with Gasteiger partial charge >= 0.3 is 7.60 Å². The van der Waals surface area contributed by atoms with Crippen molar-refractivity contribution in [1.29, 1.82) is 0 Å². The molecule has 1 N–H and O–H groups in total. The van der Waals surface area contributed by atoms with Crippen molar-refractivity contribution in [2.45, 2.75) is 33.0 Å². The zero-order valence-electron chi connectivity index (χ0n) is 11.7. The molecule has 1 aliphatic rings. The molecule has 0 bridgehead atoms. The highest BCUT2D eigenvalue weighted by Crippen LogP contribution is 2.50. The van der Waals surface area contributed by atoms with Gasteiger partial charge in [-0.05, 0) is 13.8 Å². The van der Waals surface area contributed by atoms with Crippen LogP contribution in [-0.2, 0) is 37.5 Å². The molecule has 0 atom stereocenters. The second-order valence-electron chi connectivity index (χ2n) is 4.35. The average Bonchev–Trinajstić information content (AvgIpc) is 2.39. The molecule has 2 rings (SSSR count). The summed E-state index contributed by atoms with van der Waals surface area (Å²) in [5.74, 6) is 0.334. The van der Waals surface area contributed by atoms with Crippen LogP contribution in [0.1, 0.15) is 30.9 Å². The van der Waals surface area contributed by atoms with Gasteiger partial charge in [-0.1, -0.05) is 0 Å². The molecule has 0 saturated carbocycles. The molecule has 8 heteroatoms. The van der Waals surface area contributed by atoms with E-state index in [0.717, 1.165) is 0 Å². The number of nitrogens with one attached hydrogen (secondary N) is 1. The van der Waals surface area contributed by atoms with Crippen molar-refractivity contribution in [3.8, 4) is 0 Å². The quantitative estimate of drug-likeness (QED) is 0.803. The van der Waals surface area contributed by atoms with Crippen molar-refractivity contribution < 1.29 is 18.3 Å². The van der Waals surface area contributed by atoms with Crippen LogP contribution in [0.5, 0.6) is 0 Å². The Bertz CT molecular complexity index is 561. The topological polar surface area (TPSA) is 90.5 Å². The summed E-state index contributed by atoms with van der Waals surface area (Å²) in [7, 11) is -3.26.